The molecule has 252 valence electrons. The van der Waals surface area contributed by atoms with Crippen LogP contribution in [0, 0.1) is 0 Å². The molecule has 0 bridgehead atoms. The highest BCUT2D eigenvalue weighted by atomic mass is 79.9. The molecule has 11 heteroatoms. The summed E-state index contributed by atoms with van der Waals surface area (Å²) in [5, 5.41) is 0.696. The van der Waals surface area contributed by atoms with Gasteiger partial charge in [-0.3, -0.25) is 19.6 Å². The number of aromatic nitrogens is 3. The second-order valence-electron chi connectivity index (χ2n) is 13.6. The van der Waals surface area contributed by atoms with Gasteiger partial charge in [0.05, 0.1) is 18.1 Å². The number of ether oxygens (including phenoxy) is 1. The Hall–Kier alpha value is -3.73. The molecule has 2 aliphatic rings. The van der Waals surface area contributed by atoms with E-state index in [1.807, 2.05) is 80.5 Å². The first kappa shape index (κ1) is 34.1. The summed E-state index contributed by atoms with van der Waals surface area (Å²) in [7, 11) is 0. The number of carbonyl (C=O) groups is 2. The Bertz CT molecular complexity index is 1680. The van der Waals surface area contributed by atoms with E-state index in [-0.39, 0.29) is 11.9 Å². The number of rotatable bonds is 8. The zero-order valence-electron chi connectivity index (χ0n) is 27.7. The molecular formula is C37H42BrClN6O3. The molecule has 2 atom stereocenters. The van der Waals surface area contributed by atoms with Crippen LogP contribution in [0.4, 0.5) is 4.79 Å². The van der Waals surface area contributed by atoms with Crippen molar-refractivity contribution in [1.82, 2.24) is 29.7 Å². The van der Waals surface area contributed by atoms with Crippen molar-refractivity contribution in [2.45, 2.75) is 70.7 Å². The van der Waals surface area contributed by atoms with E-state index >= 15 is 0 Å². The molecule has 1 unspecified atom stereocenters. The first-order valence-corrected chi connectivity index (χ1v) is 17.7. The average molecular weight is 734 g/mol. The lowest BCUT2D eigenvalue weighted by Gasteiger charge is -2.45. The summed E-state index contributed by atoms with van der Waals surface area (Å²) in [6.07, 6.45) is 8.00. The molecular weight excluding hydrogens is 692 g/mol. The minimum Gasteiger partial charge on any atom is -0.444 e. The van der Waals surface area contributed by atoms with Gasteiger partial charge in [-0.05, 0) is 103 Å². The number of pyridine rings is 1. The van der Waals surface area contributed by atoms with Crippen LogP contribution in [0.15, 0.2) is 77.8 Å². The van der Waals surface area contributed by atoms with Crippen LogP contribution in [-0.2, 0) is 35.3 Å². The molecule has 4 aromatic rings. The van der Waals surface area contributed by atoms with E-state index < -0.39 is 17.7 Å². The Morgan fingerprint density at radius 1 is 1.06 bits per heavy atom. The predicted octanol–water partition coefficient (Wildman–Crippen LogP) is 6.99. The number of aryl methyl sites for hydroxylation is 3. The lowest BCUT2D eigenvalue weighted by atomic mass is 9.95. The third-order valence-corrected chi connectivity index (χ3v) is 9.61. The van der Waals surface area contributed by atoms with Crippen molar-refractivity contribution in [2.75, 3.05) is 26.2 Å². The lowest BCUT2D eigenvalue weighted by Crippen LogP contribution is -2.62. The van der Waals surface area contributed by atoms with Crippen molar-refractivity contribution in [3.63, 3.8) is 0 Å². The number of hydrogen-bond acceptors (Lipinski definition) is 6. The Morgan fingerprint density at radius 2 is 1.85 bits per heavy atom. The summed E-state index contributed by atoms with van der Waals surface area (Å²) >= 11 is 10.1. The molecule has 2 amide bonds. The van der Waals surface area contributed by atoms with Crippen molar-refractivity contribution in [3.05, 3.63) is 116 Å². The van der Waals surface area contributed by atoms with E-state index in [9.17, 15) is 9.59 Å². The van der Waals surface area contributed by atoms with Gasteiger partial charge in [0.1, 0.15) is 11.6 Å². The van der Waals surface area contributed by atoms with E-state index in [1.165, 1.54) is 5.56 Å². The SMILES string of the molecule is CC(C)(C)OC(=O)N1CCN(C2c3ccc(Cl)cc3CCc3cc(Br)cnc32)C[C@@H]1C(=O)N(CCCc1cnc[nH]1)Cc1ccccc1. The van der Waals surface area contributed by atoms with Gasteiger partial charge in [0.2, 0.25) is 5.91 Å². The number of nitrogens with zero attached hydrogens (tertiary/aromatic N) is 5. The highest BCUT2D eigenvalue weighted by molar-refractivity contribution is 9.10. The Balaban J connectivity index is 1.36. The van der Waals surface area contributed by atoms with E-state index in [0.29, 0.717) is 37.7 Å². The molecule has 0 saturated carbocycles. The molecule has 2 aromatic heterocycles. The van der Waals surface area contributed by atoms with E-state index in [1.54, 1.807) is 11.2 Å². The highest BCUT2D eigenvalue weighted by Crippen LogP contribution is 2.39. The lowest BCUT2D eigenvalue weighted by molar-refractivity contribution is -0.140. The van der Waals surface area contributed by atoms with Crippen LogP contribution in [0.1, 0.15) is 66.9 Å². The second-order valence-corrected chi connectivity index (χ2v) is 14.9. The molecule has 6 rings (SSSR count). The molecule has 2 aromatic carbocycles. The average Bonchev–Trinajstić information content (AvgIpc) is 3.52. The molecule has 1 aliphatic heterocycles. The maximum Gasteiger partial charge on any atom is 0.411 e. The number of H-pyrrole nitrogens is 1. The first-order chi connectivity index (χ1) is 23.1. The minimum absolute atomic E-state index is 0.104. The maximum atomic E-state index is 14.8. The Labute approximate surface area is 295 Å². The fourth-order valence-electron chi connectivity index (χ4n) is 6.73. The highest BCUT2D eigenvalue weighted by Gasteiger charge is 2.43. The molecule has 9 nitrogen and oxygen atoms in total. The summed E-state index contributed by atoms with van der Waals surface area (Å²) in [6.45, 7) is 7.72. The van der Waals surface area contributed by atoms with E-state index in [2.05, 4.69) is 42.9 Å². The summed E-state index contributed by atoms with van der Waals surface area (Å²) in [4.78, 5) is 46.7. The third kappa shape index (κ3) is 8.10. The number of piperazine rings is 1. The van der Waals surface area contributed by atoms with Crippen LogP contribution in [0.25, 0.3) is 0 Å². The van der Waals surface area contributed by atoms with Gasteiger partial charge in [-0.2, -0.15) is 0 Å². The van der Waals surface area contributed by atoms with Gasteiger partial charge in [-0.15, -0.1) is 0 Å². The predicted molar refractivity (Wildman–Crippen MR) is 190 cm³/mol. The van der Waals surface area contributed by atoms with Gasteiger partial charge < -0.3 is 14.6 Å². The van der Waals surface area contributed by atoms with Gasteiger partial charge >= 0.3 is 6.09 Å². The zero-order valence-corrected chi connectivity index (χ0v) is 30.0. The smallest absolute Gasteiger partial charge is 0.411 e. The standard InChI is InChI=1S/C37H42BrClN6O3/c1-37(2,3)48-36(47)45-17-16-43(34-31-14-13-29(39)19-26(31)11-12-27-18-28(38)20-41-33(27)34)23-32(45)35(46)44(22-25-8-5-4-6-9-25)15-7-10-30-21-40-24-42-30/h4-6,8-9,13-14,18-21,24,32,34H,7,10-12,15-17,22-23H2,1-3H3,(H,40,42)/t32-,34?/m1/s1. The normalized spacial score (nSPS) is 18.1. The van der Waals surface area contributed by atoms with Crippen LogP contribution in [0.3, 0.4) is 0 Å². The number of fused-ring (bicyclic) bond motifs is 2. The van der Waals surface area contributed by atoms with Gasteiger partial charge in [0.15, 0.2) is 0 Å². The van der Waals surface area contributed by atoms with Crippen LogP contribution in [0.2, 0.25) is 5.02 Å². The topological polar surface area (TPSA) is 94.7 Å². The maximum absolute atomic E-state index is 14.8. The van der Waals surface area contributed by atoms with Crippen LogP contribution < -0.4 is 0 Å². The quantitative estimate of drug-likeness (QED) is 0.210. The summed E-state index contributed by atoms with van der Waals surface area (Å²) in [6, 6.07) is 17.2. The van der Waals surface area contributed by atoms with Gasteiger partial charge in [0, 0.05) is 60.3 Å². The van der Waals surface area contributed by atoms with Gasteiger partial charge in [0.25, 0.3) is 0 Å². The van der Waals surface area contributed by atoms with E-state index in [0.717, 1.165) is 58.2 Å². The monoisotopic (exact) mass is 732 g/mol. The van der Waals surface area contributed by atoms with Crippen LogP contribution in [0.5, 0.6) is 0 Å². The molecule has 0 radical (unpaired) electrons. The molecule has 0 spiro atoms. The number of nitrogens with one attached hydrogen (secondary N) is 1. The van der Waals surface area contributed by atoms with Crippen LogP contribution >= 0.6 is 27.5 Å². The van der Waals surface area contributed by atoms with E-state index in [4.69, 9.17) is 21.3 Å². The fraction of sp³-hybridized carbons (Fsp3) is 0.405. The Kier molecular flexibility index (Phi) is 10.5. The molecule has 3 heterocycles. The largest absolute Gasteiger partial charge is 0.444 e. The number of halogens is 2. The number of benzene rings is 2. The van der Waals surface area contributed by atoms with Gasteiger partial charge in [-0.1, -0.05) is 48.0 Å². The number of carbonyl (C=O) groups excluding carboxylic acids is 2. The van der Waals surface area contributed by atoms with Crippen molar-refractivity contribution in [2.24, 2.45) is 0 Å². The number of amides is 2. The summed E-state index contributed by atoms with van der Waals surface area (Å²) < 4.78 is 6.81. The summed E-state index contributed by atoms with van der Waals surface area (Å²) in [5.74, 6) is -0.104. The van der Waals surface area contributed by atoms with Crippen molar-refractivity contribution >= 4 is 39.5 Å². The van der Waals surface area contributed by atoms with Crippen molar-refractivity contribution in [3.8, 4) is 0 Å². The molecule has 48 heavy (non-hydrogen) atoms. The fourth-order valence-corrected chi connectivity index (χ4v) is 7.31. The number of hydrogen-bond donors (Lipinski definition) is 1. The zero-order chi connectivity index (χ0) is 33.8. The number of imidazole rings is 1. The minimum atomic E-state index is -0.762. The van der Waals surface area contributed by atoms with Crippen molar-refractivity contribution in [1.29, 1.82) is 0 Å². The molecule has 1 saturated heterocycles. The molecule has 1 aliphatic carbocycles. The Morgan fingerprint density at radius 3 is 2.60 bits per heavy atom. The molecule has 1 N–H and O–H groups in total. The second kappa shape index (κ2) is 14.8. The first-order valence-electron chi connectivity index (χ1n) is 16.5. The van der Waals surface area contributed by atoms with Gasteiger partial charge in [-0.25, -0.2) is 9.78 Å². The third-order valence-electron chi connectivity index (χ3n) is 8.94. The number of aromatic amines is 1. The summed E-state index contributed by atoms with van der Waals surface area (Å²) in [5.41, 5.74) is 5.77. The molecule has 1 fully saturated rings. The van der Waals surface area contributed by atoms with Crippen LogP contribution in [-0.4, -0.2) is 79.5 Å². The van der Waals surface area contributed by atoms with Crippen molar-refractivity contribution < 1.29 is 14.3 Å².